The van der Waals surface area contributed by atoms with Crippen molar-refractivity contribution in [1.82, 2.24) is 14.8 Å². The number of amides is 1. The van der Waals surface area contributed by atoms with Crippen LogP contribution in [-0.2, 0) is 11.8 Å². The Morgan fingerprint density at radius 1 is 1.40 bits per heavy atom. The first-order chi connectivity index (χ1) is 9.60. The van der Waals surface area contributed by atoms with Gasteiger partial charge in [0.15, 0.2) is 5.82 Å². The normalized spacial score (nSPS) is 12.2. The Balaban J connectivity index is 2.02. The topological polar surface area (TPSA) is 85.8 Å². The second kappa shape index (κ2) is 6.29. The molecule has 0 bridgehead atoms. The number of hydrogen-bond donors (Lipinski definition) is 2. The van der Waals surface area contributed by atoms with Crippen LogP contribution in [0.4, 0.5) is 5.69 Å². The van der Waals surface area contributed by atoms with E-state index in [0.717, 1.165) is 23.5 Å². The lowest BCUT2D eigenvalue weighted by Gasteiger charge is -2.09. The summed E-state index contributed by atoms with van der Waals surface area (Å²) in [4.78, 5) is 11.7. The van der Waals surface area contributed by atoms with Crippen molar-refractivity contribution < 1.29 is 4.79 Å². The molecule has 106 valence electrons. The largest absolute Gasteiger partial charge is 0.327 e. The molecule has 20 heavy (non-hydrogen) atoms. The Bertz CT molecular complexity index is 576. The van der Waals surface area contributed by atoms with Gasteiger partial charge in [-0.15, -0.1) is 10.2 Å². The first kappa shape index (κ1) is 14.2. The van der Waals surface area contributed by atoms with Crippen molar-refractivity contribution in [2.45, 2.75) is 25.8 Å². The van der Waals surface area contributed by atoms with E-state index in [2.05, 4.69) is 15.5 Å². The molecule has 0 radical (unpaired) electrons. The summed E-state index contributed by atoms with van der Waals surface area (Å²) in [6, 6.07) is 7.41. The first-order valence-electron chi connectivity index (χ1n) is 6.60. The molecule has 0 saturated carbocycles. The monoisotopic (exact) mass is 273 g/mol. The number of benzene rings is 1. The van der Waals surface area contributed by atoms with Crippen LogP contribution in [0.1, 0.15) is 19.8 Å². The molecule has 2 rings (SSSR count). The van der Waals surface area contributed by atoms with Gasteiger partial charge in [0.2, 0.25) is 5.91 Å². The number of anilines is 1. The average molecular weight is 273 g/mol. The molecule has 3 N–H and O–H groups in total. The van der Waals surface area contributed by atoms with Crippen LogP contribution in [0.5, 0.6) is 0 Å². The van der Waals surface area contributed by atoms with Crippen LogP contribution < -0.4 is 11.1 Å². The standard InChI is InChI=1S/C14H19N5O/c1-3-11(15)8-13(20)17-12-6-4-10(5-7-12)14-18-16-9-19(14)2/h4-7,9,11H,3,8,15H2,1-2H3,(H,17,20). The van der Waals surface area contributed by atoms with Crippen LogP contribution in [-0.4, -0.2) is 26.7 Å². The van der Waals surface area contributed by atoms with E-state index in [1.807, 2.05) is 42.8 Å². The molecule has 6 nitrogen and oxygen atoms in total. The fourth-order valence-electron chi connectivity index (χ4n) is 1.84. The second-order valence-corrected chi connectivity index (χ2v) is 4.76. The molecule has 1 heterocycles. The third-order valence-electron chi connectivity index (χ3n) is 3.11. The van der Waals surface area contributed by atoms with Gasteiger partial charge >= 0.3 is 0 Å². The van der Waals surface area contributed by atoms with Gasteiger partial charge in [-0.2, -0.15) is 0 Å². The first-order valence-corrected chi connectivity index (χ1v) is 6.60. The molecule has 0 spiro atoms. The number of aromatic nitrogens is 3. The van der Waals surface area contributed by atoms with Crippen molar-refractivity contribution >= 4 is 11.6 Å². The second-order valence-electron chi connectivity index (χ2n) is 4.76. The zero-order valence-electron chi connectivity index (χ0n) is 11.7. The summed E-state index contributed by atoms with van der Waals surface area (Å²) >= 11 is 0. The van der Waals surface area contributed by atoms with Crippen molar-refractivity contribution in [3.05, 3.63) is 30.6 Å². The smallest absolute Gasteiger partial charge is 0.225 e. The van der Waals surface area contributed by atoms with E-state index in [1.165, 1.54) is 0 Å². The number of carbonyl (C=O) groups excluding carboxylic acids is 1. The lowest BCUT2D eigenvalue weighted by Crippen LogP contribution is -2.26. The molecule has 1 aromatic carbocycles. The van der Waals surface area contributed by atoms with Gasteiger partial charge in [0, 0.05) is 30.8 Å². The Morgan fingerprint density at radius 3 is 2.65 bits per heavy atom. The van der Waals surface area contributed by atoms with Crippen LogP contribution in [0.2, 0.25) is 0 Å². The van der Waals surface area contributed by atoms with E-state index in [-0.39, 0.29) is 11.9 Å². The molecule has 1 unspecified atom stereocenters. The van der Waals surface area contributed by atoms with Gasteiger partial charge in [-0.1, -0.05) is 6.92 Å². The third-order valence-corrected chi connectivity index (χ3v) is 3.11. The summed E-state index contributed by atoms with van der Waals surface area (Å²) in [5.41, 5.74) is 7.46. The highest BCUT2D eigenvalue weighted by atomic mass is 16.1. The van der Waals surface area contributed by atoms with Gasteiger partial charge in [-0.05, 0) is 30.7 Å². The maximum atomic E-state index is 11.7. The van der Waals surface area contributed by atoms with E-state index >= 15 is 0 Å². The number of nitrogens with zero attached hydrogens (tertiary/aromatic N) is 3. The van der Waals surface area contributed by atoms with Crippen molar-refractivity contribution in [1.29, 1.82) is 0 Å². The molecular weight excluding hydrogens is 254 g/mol. The molecule has 0 aliphatic carbocycles. The summed E-state index contributed by atoms with van der Waals surface area (Å²) in [7, 11) is 1.89. The molecular formula is C14H19N5O. The fourth-order valence-corrected chi connectivity index (χ4v) is 1.84. The number of aryl methyl sites for hydroxylation is 1. The van der Waals surface area contributed by atoms with Gasteiger partial charge in [0.05, 0.1) is 0 Å². The molecule has 0 aliphatic rings. The summed E-state index contributed by atoms with van der Waals surface area (Å²) in [6.45, 7) is 1.97. The van der Waals surface area contributed by atoms with Crippen molar-refractivity contribution in [2.75, 3.05) is 5.32 Å². The van der Waals surface area contributed by atoms with E-state index in [9.17, 15) is 4.79 Å². The summed E-state index contributed by atoms with van der Waals surface area (Å²) in [5, 5.41) is 10.7. The Hall–Kier alpha value is -2.21. The van der Waals surface area contributed by atoms with Gasteiger partial charge in [-0.3, -0.25) is 4.79 Å². The van der Waals surface area contributed by atoms with Crippen LogP contribution in [0.25, 0.3) is 11.4 Å². The predicted molar refractivity (Wildman–Crippen MR) is 78.0 cm³/mol. The van der Waals surface area contributed by atoms with E-state index < -0.39 is 0 Å². The van der Waals surface area contributed by atoms with Crippen molar-refractivity contribution in [3.63, 3.8) is 0 Å². The fraction of sp³-hybridized carbons (Fsp3) is 0.357. The van der Waals surface area contributed by atoms with Gasteiger partial charge in [0.25, 0.3) is 0 Å². The van der Waals surface area contributed by atoms with Gasteiger partial charge in [0.1, 0.15) is 6.33 Å². The van der Waals surface area contributed by atoms with Gasteiger partial charge in [-0.25, -0.2) is 0 Å². The SMILES string of the molecule is CCC(N)CC(=O)Nc1ccc(-c2nncn2C)cc1. The van der Waals surface area contributed by atoms with Crippen LogP contribution in [0.15, 0.2) is 30.6 Å². The van der Waals surface area contributed by atoms with E-state index in [0.29, 0.717) is 6.42 Å². The number of nitrogens with one attached hydrogen (secondary N) is 1. The number of carbonyl (C=O) groups is 1. The van der Waals surface area contributed by atoms with Crippen molar-refractivity contribution in [3.8, 4) is 11.4 Å². The lowest BCUT2D eigenvalue weighted by atomic mass is 10.1. The molecule has 6 heteroatoms. The van der Waals surface area contributed by atoms with Crippen LogP contribution in [0.3, 0.4) is 0 Å². The summed E-state index contributed by atoms with van der Waals surface area (Å²) in [6.07, 6.45) is 2.78. The molecule has 1 amide bonds. The molecule has 0 aliphatic heterocycles. The molecule has 2 aromatic rings. The van der Waals surface area contributed by atoms with E-state index in [4.69, 9.17) is 5.73 Å². The van der Waals surface area contributed by atoms with Crippen LogP contribution >= 0.6 is 0 Å². The maximum Gasteiger partial charge on any atom is 0.225 e. The Kier molecular flexibility index (Phi) is 4.47. The minimum Gasteiger partial charge on any atom is -0.327 e. The minimum absolute atomic E-state index is 0.0641. The zero-order chi connectivity index (χ0) is 14.5. The minimum atomic E-state index is -0.0899. The Morgan fingerprint density at radius 2 is 2.10 bits per heavy atom. The predicted octanol–water partition coefficient (Wildman–Crippen LogP) is 1.55. The highest BCUT2D eigenvalue weighted by molar-refractivity contribution is 5.91. The number of hydrogen-bond acceptors (Lipinski definition) is 4. The lowest BCUT2D eigenvalue weighted by molar-refractivity contribution is -0.116. The maximum absolute atomic E-state index is 11.7. The van der Waals surface area contributed by atoms with Gasteiger partial charge < -0.3 is 15.6 Å². The molecule has 1 aromatic heterocycles. The highest BCUT2D eigenvalue weighted by Gasteiger charge is 2.08. The van der Waals surface area contributed by atoms with E-state index in [1.54, 1.807) is 6.33 Å². The summed E-state index contributed by atoms with van der Waals surface area (Å²) in [5.74, 6) is 0.724. The summed E-state index contributed by atoms with van der Waals surface area (Å²) < 4.78 is 1.84. The van der Waals surface area contributed by atoms with Crippen molar-refractivity contribution in [2.24, 2.45) is 12.8 Å². The Labute approximate surface area is 118 Å². The molecule has 0 fully saturated rings. The highest BCUT2D eigenvalue weighted by Crippen LogP contribution is 2.18. The third kappa shape index (κ3) is 3.42. The number of rotatable bonds is 5. The zero-order valence-corrected chi connectivity index (χ0v) is 11.7. The molecule has 1 atom stereocenters. The average Bonchev–Trinajstić information content (AvgIpc) is 2.85. The number of nitrogens with two attached hydrogens (primary N) is 1. The quantitative estimate of drug-likeness (QED) is 0.865. The molecule has 0 saturated heterocycles. The van der Waals surface area contributed by atoms with Crippen LogP contribution in [0, 0.1) is 0 Å².